The smallest absolute Gasteiger partial charge is 0.312 e. The maximum atomic E-state index is 13.1. The lowest BCUT2D eigenvalue weighted by Gasteiger charge is -2.38. The zero-order chi connectivity index (χ0) is 17.9. The lowest BCUT2D eigenvalue weighted by Crippen LogP contribution is -2.57. The Bertz CT molecular complexity index is 598. The highest BCUT2D eigenvalue weighted by Gasteiger charge is 2.37. The van der Waals surface area contributed by atoms with E-state index in [9.17, 15) is 14.0 Å². The first-order valence-corrected chi connectivity index (χ1v) is 7.90. The molecular formula is C17H24FN3O3. The quantitative estimate of drug-likeness (QED) is 0.882. The van der Waals surface area contributed by atoms with Gasteiger partial charge in [-0.1, -0.05) is 32.9 Å². The number of hydrogen-bond acceptors (Lipinski definition) is 3. The summed E-state index contributed by atoms with van der Waals surface area (Å²) in [5.41, 5.74) is 5.54. The topological polar surface area (TPSA) is 84.7 Å². The van der Waals surface area contributed by atoms with Crippen LogP contribution in [0.3, 0.4) is 0 Å². The van der Waals surface area contributed by atoms with Crippen LogP contribution in [0.5, 0.6) is 0 Å². The van der Waals surface area contributed by atoms with Crippen molar-refractivity contribution >= 4 is 11.9 Å². The molecule has 0 bridgehead atoms. The number of nitrogens with one attached hydrogen (secondary N) is 1. The Kier molecular flexibility index (Phi) is 5.43. The monoisotopic (exact) mass is 337 g/mol. The summed E-state index contributed by atoms with van der Waals surface area (Å²) in [6.07, 6.45) is -0.322. The van der Waals surface area contributed by atoms with Crippen molar-refractivity contribution in [2.45, 2.75) is 32.9 Å². The van der Waals surface area contributed by atoms with Crippen molar-refractivity contribution in [3.8, 4) is 0 Å². The highest BCUT2D eigenvalue weighted by Crippen LogP contribution is 2.26. The van der Waals surface area contributed by atoms with Gasteiger partial charge in [-0.3, -0.25) is 4.79 Å². The molecule has 6 nitrogen and oxygen atoms in total. The predicted molar refractivity (Wildman–Crippen MR) is 87.6 cm³/mol. The standard InChI is InChI=1S/C17H24FN3O3/c1-17(2,3)14(20-16(19)23)15(22)21-8-9-24-13(10-21)11-4-6-12(18)7-5-11/h4-7,13-14H,8-10H2,1-3H3,(H3,19,20,23)/t13-,14+/m1/s1. The number of benzene rings is 1. The Morgan fingerprint density at radius 1 is 1.33 bits per heavy atom. The minimum absolute atomic E-state index is 0.197. The van der Waals surface area contributed by atoms with Crippen LogP contribution in [-0.2, 0) is 9.53 Å². The molecule has 3 amide bonds. The van der Waals surface area contributed by atoms with Crippen LogP contribution in [0.1, 0.15) is 32.4 Å². The number of urea groups is 1. The highest BCUT2D eigenvalue weighted by atomic mass is 19.1. The fourth-order valence-electron chi connectivity index (χ4n) is 2.70. The van der Waals surface area contributed by atoms with Crippen LogP contribution in [0, 0.1) is 11.2 Å². The molecule has 0 radical (unpaired) electrons. The van der Waals surface area contributed by atoms with Crippen LogP contribution in [0.2, 0.25) is 0 Å². The molecule has 0 aliphatic carbocycles. The molecule has 24 heavy (non-hydrogen) atoms. The van der Waals surface area contributed by atoms with E-state index in [1.807, 2.05) is 20.8 Å². The van der Waals surface area contributed by atoms with Gasteiger partial charge >= 0.3 is 6.03 Å². The van der Waals surface area contributed by atoms with Crippen LogP contribution in [-0.4, -0.2) is 42.6 Å². The van der Waals surface area contributed by atoms with E-state index in [-0.39, 0.29) is 17.8 Å². The number of amides is 3. The number of carbonyl (C=O) groups excluding carboxylic acids is 2. The van der Waals surface area contributed by atoms with Gasteiger partial charge in [0.05, 0.1) is 13.2 Å². The van der Waals surface area contributed by atoms with Crippen molar-refractivity contribution in [1.29, 1.82) is 0 Å². The second-order valence-corrected chi connectivity index (χ2v) is 7.00. The summed E-state index contributed by atoms with van der Waals surface area (Å²) in [4.78, 5) is 25.7. The minimum Gasteiger partial charge on any atom is -0.370 e. The predicted octanol–water partition coefficient (Wildman–Crippen LogP) is 1.81. The molecule has 2 rings (SSSR count). The molecule has 0 aromatic heterocycles. The van der Waals surface area contributed by atoms with Crippen LogP contribution in [0.4, 0.5) is 9.18 Å². The van der Waals surface area contributed by atoms with Crippen molar-refractivity contribution < 1.29 is 18.7 Å². The molecule has 1 aromatic carbocycles. The first-order chi connectivity index (χ1) is 11.2. The van der Waals surface area contributed by atoms with Gasteiger partial charge in [0, 0.05) is 6.54 Å². The number of morpholine rings is 1. The number of hydrogen-bond donors (Lipinski definition) is 2. The third-order valence-electron chi connectivity index (χ3n) is 4.02. The fourth-order valence-corrected chi connectivity index (χ4v) is 2.70. The Morgan fingerprint density at radius 2 is 1.96 bits per heavy atom. The molecular weight excluding hydrogens is 313 g/mol. The number of nitrogens with two attached hydrogens (primary N) is 1. The summed E-state index contributed by atoms with van der Waals surface area (Å²) in [7, 11) is 0. The van der Waals surface area contributed by atoms with Gasteiger partial charge in [0.1, 0.15) is 18.0 Å². The van der Waals surface area contributed by atoms with Gasteiger partial charge < -0.3 is 20.7 Å². The van der Waals surface area contributed by atoms with E-state index >= 15 is 0 Å². The Hall–Kier alpha value is -2.15. The number of rotatable bonds is 3. The molecule has 1 aromatic rings. The van der Waals surface area contributed by atoms with E-state index in [4.69, 9.17) is 10.5 Å². The van der Waals surface area contributed by atoms with E-state index in [1.54, 1.807) is 17.0 Å². The van der Waals surface area contributed by atoms with E-state index in [0.29, 0.717) is 19.7 Å². The fraction of sp³-hybridized carbons (Fsp3) is 0.529. The minimum atomic E-state index is -0.730. The van der Waals surface area contributed by atoms with Crippen LogP contribution in [0.25, 0.3) is 0 Å². The summed E-state index contributed by atoms with van der Waals surface area (Å²) < 4.78 is 18.8. The van der Waals surface area contributed by atoms with Gasteiger partial charge in [0.15, 0.2) is 0 Å². The van der Waals surface area contributed by atoms with Crippen molar-refractivity contribution in [3.05, 3.63) is 35.6 Å². The summed E-state index contributed by atoms with van der Waals surface area (Å²) in [5, 5.41) is 2.54. The maximum Gasteiger partial charge on any atom is 0.312 e. The second-order valence-electron chi connectivity index (χ2n) is 7.00. The van der Waals surface area contributed by atoms with E-state index in [0.717, 1.165) is 5.56 Å². The third kappa shape index (κ3) is 4.44. The Balaban J connectivity index is 2.13. The molecule has 1 saturated heterocycles. The van der Waals surface area contributed by atoms with Gasteiger partial charge in [-0.15, -0.1) is 0 Å². The van der Waals surface area contributed by atoms with Gasteiger partial charge in [0.25, 0.3) is 0 Å². The van der Waals surface area contributed by atoms with Crippen molar-refractivity contribution in [1.82, 2.24) is 10.2 Å². The number of ether oxygens (including phenoxy) is 1. The van der Waals surface area contributed by atoms with Crippen LogP contribution < -0.4 is 11.1 Å². The normalized spacial score (nSPS) is 19.7. The lowest BCUT2D eigenvalue weighted by atomic mass is 9.85. The molecule has 1 aliphatic heterocycles. The highest BCUT2D eigenvalue weighted by molar-refractivity contribution is 5.87. The molecule has 132 valence electrons. The first kappa shape index (κ1) is 18.2. The molecule has 7 heteroatoms. The zero-order valence-electron chi connectivity index (χ0n) is 14.2. The number of halogens is 1. The van der Waals surface area contributed by atoms with Gasteiger partial charge in [-0.05, 0) is 23.1 Å². The van der Waals surface area contributed by atoms with Gasteiger partial charge in [-0.2, -0.15) is 0 Å². The molecule has 2 atom stereocenters. The molecule has 3 N–H and O–H groups in total. The molecule has 0 saturated carbocycles. The Morgan fingerprint density at radius 3 is 2.50 bits per heavy atom. The third-order valence-corrected chi connectivity index (χ3v) is 4.02. The first-order valence-electron chi connectivity index (χ1n) is 7.90. The van der Waals surface area contributed by atoms with Crippen LogP contribution in [0.15, 0.2) is 24.3 Å². The zero-order valence-corrected chi connectivity index (χ0v) is 14.2. The molecule has 0 unspecified atom stereocenters. The maximum absolute atomic E-state index is 13.1. The van der Waals surface area contributed by atoms with E-state index in [2.05, 4.69) is 5.32 Å². The van der Waals surface area contributed by atoms with Gasteiger partial charge in [0.2, 0.25) is 5.91 Å². The molecule has 1 fully saturated rings. The van der Waals surface area contributed by atoms with Crippen LogP contribution >= 0.6 is 0 Å². The lowest BCUT2D eigenvalue weighted by molar-refractivity contribution is -0.143. The molecule has 1 heterocycles. The average Bonchev–Trinajstić information content (AvgIpc) is 2.51. The Labute approximate surface area is 141 Å². The molecule has 0 spiro atoms. The molecule has 1 aliphatic rings. The SMILES string of the molecule is CC(C)(C)[C@@H](NC(N)=O)C(=O)N1CCO[C@@H](c2ccc(F)cc2)C1. The summed E-state index contributed by atoms with van der Waals surface area (Å²) in [6.45, 7) is 6.75. The van der Waals surface area contributed by atoms with Gasteiger partial charge in [-0.25, -0.2) is 9.18 Å². The van der Waals surface area contributed by atoms with E-state index < -0.39 is 17.5 Å². The average molecular weight is 337 g/mol. The number of carbonyl (C=O) groups is 2. The number of primary amides is 1. The van der Waals surface area contributed by atoms with Crippen molar-refractivity contribution in [2.24, 2.45) is 11.1 Å². The summed E-state index contributed by atoms with van der Waals surface area (Å²) >= 11 is 0. The summed E-state index contributed by atoms with van der Waals surface area (Å²) in [5.74, 6) is -0.516. The van der Waals surface area contributed by atoms with E-state index in [1.165, 1.54) is 12.1 Å². The van der Waals surface area contributed by atoms with Crippen molar-refractivity contribution in [3.63, 3.8) is 0 Å². The summed E-state index contributed by atoms with van der Waals surface area (Å²) in [6, 6.07) is 4.58. The number of nitrogens with zero attached hydrogens (tertiary/aromatic N) is 1. The van der Waals surface area contributed by atoms with Crippen molar-refractivity contribution in [2.75, 3.05) is 19.7 Å². The second kappa shape index (κ2) is 7.17. The largest absolute Gasteiger partial charge is 0.370 e.